The average Bonchev–Trinajstić information content (AvgIpc) is 2.41. The van der Waals surface area contributed by atoms with Gasteiger partial charge in [-0.2, -0.15) is 0 Å². The highest BCUT2D eigenvalue weighted by atomic mass is 16.4. The van der Waals surface area contributed by atoms with Crippen LogP contribution in [0.2, 0.25) is 0 Å². The summed E-state index contributed by atoms with van der Waals surface area (Å²) in [5, 5.41) is 12.0. The molecule has 2 aliphatic rings. The van der Waals surface area contributed by atoms with Crippen LogP contribution in [0.15, 0.2) is 11.6 Å². The second kappa shape index (κ2) is 2.34. The van der Waals surface area contributed by atoms with Crippen LogP contribution in [0.3, 0.4) is 0 Å². The number of carboxylic acid groups (broad SMARTS) is 1. The number of carboxylic acids is 1. The van der Waals surface area contributed by atoms with Gasteiger partial charge in [0.25, 0.3) is 0 Å². The molecule has 2 N–H and O–H groups in total. The summed E-state index contributed by atoms with van der Waals surface area (Å²) < 4.78 is 0. The molecule has 1 aliphatic heterocycles. The van der Waals surface area contributed by atoms with Gasteiger partial charge in [0.2, 0.25) is 0 Å². The van der Waals surface area contributed by atoms with E-state index in [0.717, 1.165) is 19.5 Å². The molecule has 0 aromatic heterocycles. The molecule has 2 atom stereocenters. The third kappa shape index (κ3) is 0.959. The van der Waals surface area contributed by atoms with Gasteiger partial charge < -0.3 is 10.4 Å². The summed E-state index contributed by atoms with van der Waals surface area (Å²) in [6, 6.07) is 0. The number of aliphatic carboxylic acids is 1. The zero-order valence-corrected chi connectivity index (χ0v) is 6.21. The van der Waals surface area contributed by atoms with E-state index in [1.807, 2.05) is 0 Å². The van der Waals surface area contributed by atoms with Crippen molar-refractivity contribution in [2.45, 2.75) is 6.42 Å². The minimum atomic E-state index is -0.648. The number of rotatable bonds is 1. The third-order valence-corrected chi connectivity index (χ3v) is 2.61. The van der Waals surface area contributed by atoms with Crippen LogP contribution >= 0.6 is 0 Å². The van der Waals surface area contributed by atoms with Crippen LogP contribution in [-0.2, 0) is 4.79 Å². The van der Waals surface area contributed by atoms with Crippen molar-refractivity contribution in [2.75, 3.05) is 13.1 Å². The second-order valence-corrected chi connectivity index (χ2v) is 3.20. The van der Waals surface area contributed by atoms with E-state index in [9.17, 15) is 4.79 Å². The average molecular weight is 153 g/mol. The van der Waals surface area contributed by atoms with Gasteiger partial charge in [0.05, 0.1) is 5.92 Å². The lowest BCUT2D eigenvalue weighted by Gasteiger charge is -2.11. The number of fused-ring (bicyclic) bond motifs is 1. The van der Waals surface area contributed by atoms with Gasteiger partial charge in [-0.1, -0.05) is 11.6 Å². The van der Waals surface area contributed by atoms with Crippen molar-refractivity contribution < 1.29 is 9.90 Å². The Morgan fingerprint density at radius 3 is 3.27 bits per heavy atom. The Kier molecular flexibility index (Phi) is 1.46. The summed E-state index contributed by atoms with van der Waals surface area (Å²) in [6.45, 7) is 1.75. The highest BCUT2D eigenvalue weighted by molar-refractivity contribution is 5.72. The maximum Gasteiger partial charge on any atom is 0.307 e. The normalized spacial score (nSPS) is 35.1. The molecule has 1 heterocycles. The lowest BCUT2D eigenvalue weighted by molar-refractivity contribution is -0.142. The molecule has 0 saturated carbocycles. The second-order valence-electron chi connectivity index (χ2n) is 3.20. The van der Waals surface area contributed by atoms with Gasteiger partial charge in [0, 0.05) is 19.0 Å². The van der Waals surface area contributed by atoms with Gasteiger partial charge in [-0.15, -0.1) is 0 Å². The van der Waals surface area contributed by atoms with Crippen LogP contribution in [-0.4, -0.2) is 24.2 Å². The number of hydrogen-bond acceptors (Lipinski definition) is 2. The van der Waals surface area contributed by atoms with E-state index in [4.69, 9.17) is 5.11 Å². The lowest BCUT2D eigenvalue weighted by Crippen LogP contribution is -2.22. The van der Waals surface area contributed by atoms with E-state index in [0.29, 0.717) is 0 Å². The number of nitrogens with one attached hydrogen (secondary N) is 1. The lowest BCUT2D eigenvalue weighted by atomic mass is 9.94. The zero-order valence-electron chi connectivity index (χ0n) is 6.21. The molecule has 1 aliphatic carbocycles. The topological polar surface area (TPSA) is 49.3 Å². The van der Waals surface area contributed by atoms with E-state index in [1.54, 1.807) is 0 Å². The minimum Gasteiger partial charge on any atom is -0.481 e. The zero-order chi connectivity index (χ0) is 7.84. The first-order valence-corrected chi connectivity index (χ1v) is 3.91. The van der Waals surface area contributed by atoms with E-state index in [2.05, 4.69) is 11.4 Å². The summed E-state index contributed by atoms with van der Waals surface area (Å²) in [5.74, 6) is -0.516. The molecular formula is C8H11NO2. The standard InChI is InChI=1S/C8H11NO2/c10-8(11)6-2-1-5-3-9-4-7(5)6/h1,6-7,9H,2-4H2,(H,10,11). The van der Waals surface area contributed by atoms with Crippen molar-refractivity contribution in [1.29, 1.82) is 0 Å². The molecule has 11 heavy (non-hydrogen) atoms. The largest absolute Gasteiger partial charge is 0.481 e. The van der Waals surface area contributed by atoms with Crippen LogP contribution in [0.25, 0.3) is 0 Å². The maximum atomic E-state index is 10.7. The quantitative estimate of drug-likeness (QED) is 0.530. The smallest absolute Gasteiger partial charge is 0.307 e. The molecule has 0 spiro atoms. The summed E-state index contributed by atoms with van der Waals surface area (Å²) in [7, 11) is 0. The van der Waals surface area contributed by atoms with Crippen molar-refractivity contribution >= 4 is 5.97 Å². The van der Waals surface area contributed by atoms with E-state index in [-0.39, 0.29) is 11.8 Å². The van der Waals surface area contributed by atoms with E-state index in [1.165, 1.54) is 5.57 Å². The Hall–Kier alpha value is -0.830. The summed E-state index contributed by atoms with van der Waals surface area (Å²) in [5.41, 5.74) is 1.30. The molecule has 0 bridgehead atoms. The van der Waals surface area contributed by atoms with Crippen molar-refractivity contribution in [1.82, 2.24) is 5.32 Å². The Morgan fingerprint density at radius 1 is 1.73 bits per heavy atom. The molecule has 1 fully saturated rings. The van der Waals surface area contributed by atoms with Crippen LogP contribution in [0.4, 0.5) is 0 Å². The fourth-order valence-electron chi connectivity index (χ4n) is 1.97. The molecule has 0 amide bonds. The van der Waals surface area contributed by atoms with Gasteiger partial charge in [0.1, 0.15) is 0 Å². The molecule has 0 aromatic carbocycles. The predicted octanol–water partition coefficient (Wildman–Crippen LogP) is 0.237. The molecule has 2 unspecified atom stereocenters. The first-order chi connectivity index (χ1) is 5.29. The van der Waals surface area contributed by atoms with Gasteiger partial charge in [-0.3, -0.25) is 4.79 Å². The molecule has 3 heteroatoms. The van der Waals surface area contributed by atoms with Crippen LogP contribution in [0.5, 0.6) is 0 Å². The van der Waals surface area contributed by atoms with Gasteiger partial charge in [0.15, 0.2) is 0 Å². The molecule has 3 nitrogen and oxygen atoms in total. The molecule has 60 valence electrons. The molecule has 0 aromatic rings. The third-order valence-electron chi connectivity index (χ3n) is 2.61. The van der Waals surface area contributed by atoms with Crippen molar-refractivity contribution in [3.8, 4) is 0 Å². The van der Waals surface area contributed by atoms with Crippen LogP contribution in [0, 0.1) is 11.8 Å². The molecular weight excluding hydrogens is 142 g/mol. The molecule has 1 saturated heterocycles. The Labute approximate surface area is 65.1 Å². The Balaban J connectivity index is 2.15. The van der Waals surface area contributed by atoms with Crippen LogP contribution in [0.1, 0.15) is 6.42 Å². The summed E-state index contributed by atoms with van der Waals surface area (Å²) in [4.78, 5) is 10.7. The number of allylic oxidation sites excluding steroid dienone is 1. The van der Waals surface area contributed by atoms with Gasteiger partial charge in [-0.05, 0) is 6.42 Å². The maximum absolute atomic E-state index is 10.7. The van der Waals surface area contributed by atoms with Gasteiger partial charge >= 0.3 is 5.97 Å². The molecule has 0 radical (unpaired) electrons. The highest BCUT2D eigenvalue weighted by Gasteiger charge is 2.36. The Morgan fingerprint density at radius 2 is 2.55 bits per heavy atom. The van der Waals surface area contributed by atoms with E-state index >= 15 is 0 Å². The van der Waals surface area contributed by atoms with Gasteiger partial charge in [-0.25, -0.2) is 0 Å². The number of carbonyl (C=O) groups is 1. The van der Waals surface area contributed by atoms with Crippen molar-refractivity contribution in [3.63, 3.8) is 0 Å². The molecule has 2 rings (SSSR count). The van der Waals surface area contributed by atoms with Crippen molar-refractivity contribution in [2.24, 2.45) is 11.8 Å². The predicted molar refractivity (Wildman–Crippen MR) is 40.2 cm³/mol. The fraction of sp³-hybridized carbons (Fsp3) is 0.625. The van der Waals surface area contributed by atoms with E-state index < -0.39 is 5.97 Å². The summed E-state index contributed by atoms with van der Waals surface area (Å²) >= 11 is 0. The first-order valence-electron chi connectivity index (χ1n) is 3.91. The monoisotopic (exact) mass is 153 g/mol. The highest BCUT2D eigenvalue weighted by Crippen LogP contribution is 2.33. The first kappa shape index (κ1) is 6.85. The Bertz CT molecular complexity index is 222. The SMILES string of the molecule is O=C(O)C1CC=C2CNCC21. The number of hydrogen-bond donors (Lipinski definition) is 2. The van der Waals surface area contributed by atoms with Crippen LogP contribution < -0.4 is 5.32 Å². The summed E-state index contributed by atoms with van der Waals surface area (Å²) in [6.07, 6.45) is 2.81. The minimum absolute atomic E-state index is 0.153. The van der Waals surface area contributed by atoms with Crippen molar-refractivity contribution in [3.05, 3.63) is 11.6 Å². The fourth-order valence-corrected chi connectivity index (χ4v) is 1.97.